The summed E-state index contributed by atoms with van der Waals surface area (Å²) in [5.41, 5.74) is -0.554. The van der Waals surface area contributed by atoms with E-state index >= 15 is 0 Å². The zero-order valence-electron chi connectivity index (χ0n) is 14.3. The Morgan fingerprint density at radius 3 is 2.30 bits per heavy atom. The number of hydrogen-bond donors (Lipinski definition) is 0. The van der Waals surface area contributed by atoms with E-state index in [0.717, 1.165) is 6.20 Å². The van der Waals surface area contributed by atoms with Gasteiger partial charge < -0.3 is 14.2 Å². The molecule has 0 saturated carbocycles. The zero-order chi connectivity index (χ0) is 19.2. The van der Waals surface area contributed by atoms with Crippen LogP contribution < -0.4 is 9.80 Å². The largest absolute Gasteiger partial charge is 0.434 e. The Kier molecular flexibility index (Phi) is 4.08. The number of nitrogens with zero attached hydrogens (tertiary/aromatic N) is 7. The molecule has 0 radical (unpaired) electrons. The van der Waals surface area contributed by atoms with E-state index in [0.29, 0.717) is 32.0 Å². The minimum atomic E-state index is -4.52. The van der Waals surface area contributed by atoms with E-state index in [4.69, 9.17) is 0 Å². The topological polar surface area (TPSA) is 62.5 Å². The summed E-state index contributed by atoms with van der Waals surface area (Å²) < 4.78 is 54.4. The van der Waals surface area contributed by atoms with E-state index in [1.54, 1.807) is 11.8 Å². The van der Waals surface area contributed by atoms with Gasteiger partial charge in [-0.15, -0.1) is 0 Å². The molecule has 3 aromatic rings. The molecule has 0 amide bonds. The van der Waals surface area contributed by atoms with Crippen molar-refractivity contribution < 1.29 is 17.6 Å². The summed E-state index contributed by atoms with van der Waals surface area (Å²) in [7, 11) is 0. The second kappa shape index (κ2) is 6.32. The highest BCUT2D eigenvalue weighted by Gasteiger charge is 2.35. The lowest BCUT2D eigenvalue weighted by atomic mass is 10.3. The lowest BCUT2D eigenvalue weighted by Gasteiger charge is -2.36. The van der Waals surface area contributed by atoms with Crippen molar-refractivity contribution in [3.8, 4) is 0 Å². The maximum Gasteiger partial charge on any atom is 0.434 e. The summed E-state index contributed by atoms with van der Waals surface area (Å²) in [6.07, 6.45) is 0.589. The van der Waals surface area contributed by atoms with E-state index in [1.807, 2.05) is 4.90 Å². The number of aryl methyl sites for hydroxylation is 1. The third-order valence-corrected chi connectivity index (χ3v) is 4.47. The first-order valence-corrected chi connectivity index (χ1v) is 8.22. The first kappa shape index (κ1) is 17.4. The minimum Gasteiger partial charge on any atom is -0.351 e. The molecular formula is C16H15F4N7. The molecule has 0 unspecified atom stereocenters. The van der Waals surface area contributed by atoms with Crippen LogP contribution in [0.4, 0.5) is 29.2 Å². The molecule has 1 aliphatic rings. The van der Waals surface area contributed by atoms with Crippen molar-refractivity contribution in [1.82, 2.24) is 24.3 Å². The van der Waals surface area contributed by atoms with E-state index in [1.165, 1.54) is 23.1 Å². The number of anilines is 2. The summed E-state index contributed by atoms with van der Waals surface area (Å²) in [4.78, 5) is 19.4. The second-order valence-electron chi connectivity index (χ2n) is 6.18. The van der Waals surface area contributed by atoms with Gasteiger partial charge >= 0.3 is 6.18 Å². The van der Waals surface area contributed by atoms with Gasteiger partial charge in [0.2, 0.25) is 0 Å². The molecule has 1 saturated heterocycles. The van der Waals surface area contributed by atoms with Gasteiger partial charge in [-0.1, -0.05) is 0 Å². The van der Waals surface area contributed by atoms with Crippen LogP contribution in [0.5, 0.6) is 0 Å². The molecule has 0 bridgehead atoms. The number of hydrogen-bond acceptors (Lipinski definition) is 6. The van der Waals surface area contributed by atoms with Crippen LogP contribution in [-0.2, 0) is 6.18 Å². The first-order chi connectivity index (χ1) is 12.8. The summed E-state index contributed by atoms with van der Waals surface area (Å²) in [5.74, 6) is 0.134. The van der Waals surface area contributed by atoms with Crippen LogP contribution >= 0.6 is 0 Å². The fourth-order valence-electron chi connectivity index (χ4n) is 3.06. The van der Waals surface area contributed by atoms with Gasteiger partial charge in [0.1, 0.15) is 6.33 Å². The molecule has 1 fully saturated rings. The average molecular weight is 381 g/mol. The van der Waals surface area contributed by atoms with Crippen LogP contribution in [0.25, 0.3) is 5.65 Å². The molecule has 0 aliphatic carbocycles. The van der Waals surface area contributed by atoms with Crippen LogP contribution in [0.3, 0.4) is 0 Å². The molecule has 4 rings (SSSR count). The van der Waals surface area contributed by atoms with Crippen LogP contribution in [0.15, 0.2) is 24.9 Å². The molecule has 27 heavy (non-hydrogen) atoms. The monoisotopic (exact) mass is 381 g/mol. The van der Waals surface area contributed by atoms with Gasteiger partial charge in [0.25, 0.3) is 0 Å². The number of imidazole rings is 1. The number of piperazine rings is 1. The fraction of sp³-hybridized carbons (Fsp3) is 0.375. The summed E-state index contributed by atoms with van der Waals surface area (Å²) in [6.45, 7) is 3.36. The Morgan fingerprint density at radius 2 is 1.63 bits per heavy atom. The Labute approximate surface area is 151 Å². The molecule has 0 N–H and O–H groups in total. The van der Waals surface area contributed by atoms with Gasteiger partial charge in [-0.3, -0.25) is 0 Å². The van der Waals surface area contributed by atoms with Gasteiger partial charge in [0.05, 0.1) is 5.69 Å². The SMILES string of the molecule is Cc1ncnc(N2CCN(c3nccn4cc(C(F)(F)F)nc34)CC2)c1F. The minimum absolute atomic E-state index is 0.141. The van der Waals surface area contributed by atoms with E-state index < -0.39 is 17.7 Å². The van der Waals surface area contributed by atoms with Crippen molar-refractivity contribution >= 4 is 17.3 Å². The quantitative estimate of drug-likeness (QED) is 0.635. The Morgan fingerprint density at radius 1 is 0.963 bits per heavy atom. The molecule has 142 valence electrons. The zero-order valence-corrected chi connectivity index (χ0v) is 14.3. The van der Waals surface area contributed by atoms with E-state index in [-0.39, 0.29) is 17.2 Å². The molecule has 7 nitrogen and oxygen atoms in total. The van der Waals surface area contributed by atoms with Gasteiger partial charge in [-0.05, 0) is 6.92 Å². The number of fused-ring (bicyclic) bond motifs is 1. The highest BCUT2D eigenvalue weighted by Crippen LogP contribution is 2.30. The van der Waals surface area contributed by atoms with Crippen molar-refractivity contribution in [2.24, 2.45) is 0 Å². The number of rotatable bonds is 2. The van der Waals surface area contributed by atoms with Crippen molar-refractivity contribution in [3.63, 3.8) is 0 Å². The average Bonchev–Trinajstić information content (AvgIpc) is 3.09. The highest BCUT2D eigenvalue weighted by atomic mass is 19.4. The van der Waals surface area contributed by atoms with Crippen LogP contribution in [0.2, 0.25) is 0 Å². The standard InChI is InChI=1S/C16H15F4N7/c1-10-12(17)13(23-9-22-10)25-4-6-26(7-5-25)14-15-24-11(16(18,19)20)8-27(15)3-2-21-14/h2-3,8-9H,4-7H2,1H3. The highest BCUT2D eigenvalue weighted by molar-refractivity contribution is 5.65. The summed E-state index contributed by atoms with van der Waals surface area (Å²) in [5, 5.41) is 0. The van der Waals surface area contributed by atoms with Gasteiger partial charge in [0, 0.05) is 44.8 Å². The molecule has 0 atom stereocenters. The number of aromatic nitrogens is 5. The van der Waals surface area contributed by atoms with Crippen LogP contribution in [-0.4, -0.2) is 50.5 Å². The van der Waals surface area contributed by atoms with Gasteiger partial charge in [-0.2, -0.15) is 13.2 Å². The molecule has 4 heterocycles. The van der Waals surface area contributed by atoms with Gasteiger partial charge in [-0.25, -0.2) is 24.3 Å². The van der Waals surface area contributed by atoms with Gasteiger partial charge in [0.15, 0.2) is 28.8 Å². The maximum atomic E-state index is 14.2. The predicted molar refractivity (Wildman–Crippen MR) is 89.1 cm³/mol. The lowest BCUT2D eigenvalue weighted by Crippen LogP contribution is -2.47. The molecular weight excluding hydrogens is 366 g/mol. The molecule has 0 spiro atoms. The normalized spacial score (nSPS) is 15.6. The molecule has 3 aromatic heterocycles. The molecule has 11 heteroatoms. The van der Waals surface area contributed by atoms with Crippen molar-refractivity contribution in [2.75, 3.05) is 36.0 Å². The predicted octanol–water partition coefficient (Wildman–Crippen LogP) is 2.31. The molecule has 0 aromatic carbocycles. The fourth-order valence-corrected chi connectivity index (χ4v) is 3.06. The smallest absolute Gasteiger partial charge is 0.351 e. The maximum absolute atomic E-state index is 14.2. The third-order valence-electron chi connectivity index (χ3n) is 4.47. The van der Waals surface area contributed by atoms with E-state index in [2.05, 4.69) is 19.9 Å². The Bertz CT molecular complexity index is 977. The molecule has 1 aliphatic heterocycles. The lowest BCUT2D eigenvalue weighted by molar-refractivity contribution is -0.140. The van der Waals surface area contributed by atoms with Crippen molar-refractivity contribution in [3.05, 3.63) is 42.1 Å². The Hall–Kier alpha value is -2.98. The second-order valence-corrected chi connectivity index (χ2v) is 6.18. The van der Waals surface area contributed by atoms with Crippen LogP contribution in [0.1, 0.15) is 11.4 Å². The number of halogens is 4. The first-order valence-electron chi connectivity index (χ1n) is 8.22. The summed E-state index contributed by atoms with van der Waals surface area (Å²) in [6, 6.07) is 0. The van der Waals surface area contributed by atoms with Crippen LogP contribution in [0, 0.1) is 12.7 Å². The Balaban J connectivity index is 1.58. The summed E-state index contributed by atoms with van der Waals surface area (Å²) >= 11 is 0. The van der Waals surface area contributed by atoms with Crippen molar-refractivity contribution in [1.29, 1.82) is 0 Å². The number of alkyl halides is 3. The third kappa shape index (κ3) is 3.13. The van der Waals surface area contributed by atoms with E-state index in [9.17, 15) is 17.6 Å². The van der Waals surface area contributed by atoms with Crippen molar-refractivity contribution in [2.45, 2.75) is 13.1 Å².